The molecule has 0 radical (unpaired) electrons. The molecule has 3 N–H and O–H groups in total. The van der Waals surface area contributed by atoms with Gasteiger partial charge in [0.2, 0.25) is 10.0 Å². The van der Waals surface area contributed by atoms with Crippen molar-refractivity contribution in [3.05, 3.63) is 24.3 Å². The topological polar surface area (TPSA) is 106 Å². The Balaban J connectivity index is 2.34. The molecule has 0 fully saturated rings. The zero-order valence-corrected chi connectivity index (χ0v) is 14.2. The zero-order valence-electron chi connectivity index (χ0n) is 11.8. The second-order valence-corrected chi connectivity index (χ2v) is 9.93. The molecule has 0 aliphatic heterocycles. The Morgan fingerprint density at radius 2 is 1.71 bits per heavy atom. The number of anilines is 1. The Hall–Kier alpha value is -0.770. The molecule has 21 heavy (non-hydrogen) atoms. The van der Waals surface area contributed by atoms with Gasteiger partial charge in [-0.2, -0.15) is 0 Å². The summed E-state index contributed by atoms with van der Waals surface area (Å²) >= 11 is 1.41. The molecular weight excluding hydrogens is 332 g/mol. The number of thioether (sulfide) groups is 1. The van der Waals surface area contributed by atoms with Crippen LogP contribution in [0.5, 0.6) is 0 Å². The second-order valence-electron chi connectivity index (χ2n) is 4.37. The van der Waals surface area contributed by atoms with Crippen LogP contribution in [0.15, 0.2) is 29.2 Å². The number of nitrogen functional groups attached to an aromatic ring is 1. The molecule has 0 saturated heterocycles. The number of rotatable bonds is 9. The first-order valence-corrected chi connectivity index (χ1v) is 10.9. The van der Waals surface area contributed by atoms with Crippen molar-refractivity contribution in [1.82, 2.24) is 4.72 Å². The molecule has 0 aliphatic rings. The molecule has 0 spiro atoms. The van der Waals surface area contributed by atoms with E-state index < -0.39 is 19.9 Å². The molecular formula is C12H20N2O4S3. The van der Waals surface area contributed by atoms with E-state index in [0.29, 0.717) is 11.4 Å². The lowest BCUT2D eigenvalue weighted by Crippen LogP contribution is -2.32. The predicted molar refractivity (Wildman–Crippen MR) is 87.7 cm³/mol. The zero-order chi connectivity index (χ0) is 15.9. The third kappa shape index (κ3) is 7.70. The summed E-state index contributed by atoms with van der Waals surface area (Å²) < 4.78 is 48.2. The summed E-state index contributed by atoms with van der Waals surface area (Å²) in [5.74, 6) is 0.170. The molecule has 9 heteroatoms. The van der Waals surface area contributed by atoms with E-state index in [1.165, 1.54) is 18.7 Å². The van der Waals surface area contributed by atoms with Gasteiger partial charge in [-0.3, -0.25) is 0 Å². The van der Waals surface area contributed by atoms with Crippen molar-refractivity contribution < 1.29 is 16.8 Å². The summed E-state index contributed by atoms with van der Waals surface area (Å²) in [6, 6.07) is 7.16. The van der Waals surface area contributed by atoms with E-state index >= 15 is 0 Å². The minimum atomic E-state index is -3.45. The van der Waals surface area contributed by atoms with Crippen molar-refractivity contribution in [2.75, 3.05) is 35.3 Å². The van der Waals surface area contributed by atoms with Gasteiger partial charge in [0.1, 0.15) is 0 Å². The smallest absolute Gasteiger partial charge is 0.212 e. The van der Waals surface area contributed by atoms with Crippen LogP contribution in [-0.4, -0.2) is 46.4 Å². The number of sulfone groups is 1. The Bertz CT molecular complexity index is 640. The lowest BCUT2D eigenvalue weighted by atomic mass is 10.3. The number of nitrogens with one attached hydrogen (secondary N) is 1. The maximum atomic E-state index is 11.7. The van der Waals surface area contributed by atoms with E-state index in [0.717, 1.165) is 4.90 Å². The molecule has 1 rings (SSSR count). The first kappa shape index (κ1) is 18.3. The van der Waals surface area contributed by atoms with Gasteiger partial charge < -0.3 is 5.73 Å². The monoisotopic (exact) mass is 352 g/mol. The fourth-order valence-electron chi connectivity index (χ4n) is 1.40. The molecule has 1 aromatic rings. The van der Waals surface area contributed by atoms with Crippen LogP contribution in [0.2, 0.25) is 0 Å². The highest BCUT2D eigenvalue weighted by atomic mass is 32.2. The van der Waals surface area contributed by atoms with Crippen LogP contribution < -0.4 is 10.5 Å². The summed E-state index contributed by atoms with van der Waals surface area (Å²) in [5, 5.41) is 0. The van der Waals surface area contributed by atoms with Crippen molar-refractivity contribution in [3.63, 3.8) is 0 Å². The largest absolute Gasteiger partial charge is 0.399 e. The van der Waals surface area contributed by atoms with Crippen LogP contribution in [0.4, 0.5) is 5.69 Å². The summed E-state index contributed by atoms with van der Waals surface area (Å²) in [6.45, 7) is 1.46. The predicted octanol–water partition coefficient (Wildman–Crippen LogP) is 0.715. The maximum absolute atomic E-state index is 11.7. The third-order valence-electron chi connectivity index (χ3n) is 2.68. The molecule has 120 valence electrons. The highest BCUT2D eigenvalue weighted by molar-refractivity contribution is 8.00. The Morgan fingerprint density at radius 1 is 1.10 bits per heavy atom. The Kier molecular flexibility index (Phi) is 6.98. The highest BCUT2D eigenvalue weighted by Crippen LogP contribution is 2.19. The minimum absolute atomic E-state index is 0.0156. The molecule has 1 aromatic carbocycles. The number of hydrogen-bond acceptors (Lipinski definition) is 6. The lowest BCUT2D eigenvalue weighted by Gasteiger charge is -2.07. The standard InChI is InChI=1S/C12H20N2O4S3/c1-2-20(15,16)9-7-14-21(17,18)10-8-19-12-5-3-11(13)4-6-12/h3-6,14H,2,7-10,13H2,1H3. The second kappa shape index (κ2) is 8.02. The van der Waals surface area contributed by atoms with Gasteiger partial charge in [-0.15, -0.1) is 11.8 Å². The van der Waals surface area contributed by atoms with E-state index in [4.69, 9.17) is 5.73 Å². The van der Waals surface area contributed by atoms with E-state index in [1.807, 2.05) is 12.1 Å². The van der Waals surface area contributed by atoms with Gasteiger partial charge in [0.25, 0.3) is 0 Å². The van der Waals surface area contributed by atoms with E-state index in [-0.39, 0.29) is 23.8 Å². The average molecular weight is 353 g/mol. The minimum Gasteiger partial charge on any atom is -0.399 e. The quantitative estimate of drug-likeness (QED) is 0.501. The normalized spacial score (nSPS) is 12.4. The van der Waals surface area contributed by atoms with Crippen LogP contribution in [0.1, 0.15) is 6.92 Å². The van der Waals surface area contributed by atoms with Crippen molar-refractivity contribution in [2.24, 2.45) is 0 Å². The van der Waals surface area contributed by atoms with Crippen molar-refractivity contribution in [1.29, 1.82) is 0 Å². The average Bonchev–Trinajstić information content (AvgIpc) is 2.40. The van der Waals surface area contributed by atoms with Gasteiger partial charge in [0.15, 0.2) is 9.84 Å². The van der Waals surface area contributed by atoms with Crippen LogP contribution in [-0.2, 0) is 19.9 Å². The number of benzene rings is 1. The number of hydrogen-bond donors (Lipinski definition) is 2. The van der Waals surface area contributed by atoms with Crippen LogP contribution >= 0.6 is 11.8 Å². The highest BCUT2D eigenvalue weighted by Gasteiger charge is 2.13. The van der Waals surface area contributed by atoms with Gasteiger partial charge in [-0.05, 0) is 24.3 Å². The molecule has 6 nitrogen and oxygen atoms in total. The summed E-state index contributed by atoms with van der Waals surface area (Å²) in [7, 11) is -6.60. The maximum Gasteiger partial charge on any atom is 0.212 e. The molecule has 0 amide bonds. The summed E-state index contributed by atoms with van der Waals surface area (Å²) in [6.07, 6.45) is 0. The SMILES string of the molecule is CCS(=O)(=O)CCNS(=O)(=O)CCSc1ccc(N)cc1. The van der Waals surface area contributed by atoms with Crippen LogP contribution in [0.25, 0.3) is 0 Å². The molecule has 0 atom stereocenters. The fourth-order valence-corrected chi connectivity index (χ4v) is 4.57. The fraction of sp³-hybridized carbons (Fsp3) is 0.500. The van der Waals surface area contributed by atoms with Crippen LogP contribution in [0, 0.1) is 0 Å². The molecule has 0 aliphatic carbocycles. The van der Waals surface area contributed by atoms with Gasteiger partial charge in [-0.1, -0.05) is 6.92 Å². The summed E-state index contributed by atoms with van der Waals surface area (Å²) in [5.41, 5.74) is 6.22. The van der Waals surface area contributed by atoms with Gasteiger partial charge in [0, 0.05) is 28.6 Å². The molecule has 0 aromatic heterocycles. The molecule has 0 bridgehead atoms. The third-order valence-corrected chi connectivity index (χ3v) is 7.04. The van der Waals surface area contributed by atoms with E-state index in [1.54, 1.807) is 12.1 Å². The lowest BCUT2D eigenvalue weighted by molar-refractivity contribution is 0.582. The summed E-state index contributed by atoms with van der Waals surface area (Å²) in [4.78, 5) is 0.938. The van der Waals surface area contributed by atoms with Crippen molar-refractivity contribution in [2.45, 2.75) is 11.8 Å². The molecule has 0 heterocycles. The Labute approximate surface area is 130 Å². The van der Waals surface area contributed by atoms with Gasteiger partial charge in [-0.25, -0.2) is 21.6 Å². The van der Waals surface area contributed by atoms with E-state index in [2.05, 4.69) is 4.72 Å². The van der Waals surface area contributed by atoms with Gasteiger partial charge >= 0.3 is 0 Å². The van der Waals surface area contributed by atoms with Crippen molar-refractivity contribution >= 4 is 37.3 Å². The van der Waals surface area contributed by atoms with Crippen molar-refractivity contribution in [3.8, 4) is 0 Å². The molecule has 0 saturated carbocycles. The number of nitrogens with two attached hydrogens (primary N) is 1. The molecule has 0 unspecified atom stereocenters. The van der Waals surface area contributed by atoms with Gasteiger partial charge in [0.05, 0.1) is 11.5 Å². The number of sulfonamides is 1. The van der Waals surface area contributed by atoms with Crippen LogP contribution in [0.3, 0.4) is 0 Å². The van der Waals surface area contributed by atoms with E-state index in [9.17, 15) is 16.8 Å². The Morgan fingerprint density at radius 3 is 2.29 bits per heavy atom. The first-order valence-electron chi connectivity index (χ1n) is 6.40. The first-order chi connectivity index (χ1) is 9.74.